The number of hydrogen-bond acceptors (Lipinski definition) is 3. The highest BCUT2D eigenvalue weighted by molar-refractivity contribution is 5.78. The molecule has 1 heterocycles. The van der Waals surface area contributed by atoms with Crippen LogP contribution in [0, 0.1) is 5.92 Å². The summed E-state index contributed by atoms with van der Waals surface area (Å²) in [6.45, 7) is 1.54. The number of carbonyl (C=O) groups is 2. The highest BCUT2D eigenvalue weighted by atomic mass is 16.5. The van der Waals surface area contributed by atoms with Crippen LogP contribution >= 0.6 is 0 Å². The fourth-order valence-corrected chi connectivity index (χ4v) is 4.06. The number of likely N-dealkylation sites (tertiary alicyclic amines) is 1. The van der Waals surface area contributed by atoms with Crippen molar-refractivity contribution in [2.75, 3.05) is 27.2 Å². The van der Waals surface area contributed by atoms with Crippen molar-refractivity contribution in [1.29, 1.82) is 0 Å². The SMILES string of the molecule is CNC(=O)C1CCC(NC(=O)N2CCC(c3ccc(OC)cc3)C2)CC1. The van der Waals surface area contributed by atoms with E-state index in [4.69, 9.17) is 4.74 Å². The molecule has 6 heteroatoms. The van der Waals surface area contributed by atoms with Crippen molar-refractivity contribution in [1.82, 2.24) is 15.5 Å². The second-order valence-corrected chi connectivity index (χ2v) is 7.32. The quantitative estimate of drug-likeness (QED) is 0.868. The summed E-state index contributed by atoms with van der Waals surface area (Å²) in [5.41, 5.74) is 1.26. The third kappa shape index (κ3) is 4.29. The highest BCUT2D eigenvalue weighted by Gasteiger charge is 2.30. The maximum Gasteiger partial charge on any atom is 0.317 e. The molecule has 2 aliphatic rings. The molecule has 1 aliphatic carbocycles. The summed E-state index contributed by atoms with van der Waals surface area (Å²) in [4.78, 5) is 26.2. The van der Waals surface area contributed by atoms with Crippen molar-refractivity contribution in [2.45, 2.75) is 44.1 Å². The molecule has 0 spiro atoms. The topological polar surface area (TPSA) is 70.7 Å². The van der Waals surface area contributed by atoms with Crippen molar-refractivity contribution in [3.63, 3.8) is 0 Å². The molecule has 1 aromatic carbocycles. The summed E-state index contributed by atoms with van der Waals surface area (Å²) < 4.78 is 5.21. The van der Waals surface area contributed by atoms with Crippen molar-refractivity contribution >= 4 is 11.9 Å². The molecule has 142 valence electrons. The molecule has 1 saturated heterocycles. The van der Waals surface area contributed by atoms with Gasteiger partial charge >= 0.3 is 6.03 Å². The molecule has 26 heavy (non-hydrogen) atoms. The van der Waals surface area contributed by atoms with E-state index >= 15 is 0 Å². The van der Waals surface area contributed by atoms with Gasteiger partial charge < -0.3 is 20.3 Å². The van der Waals surface area contributed by atoms with Crippen LogP contribution in [-0.2, 0) is 4.79 Å². The van der Waals surface area contributed by atoms with E-state index in [0.717, 1.165) is 50.9 Å². The number of ether oxygens (including phenoxy) is 1. The van der Waals surface area contributed by atoms with Crippen molar-refractivity contribution < 1.29 is 14.3 Å². The zero-order valence-corrected chi connectivity index (χ0v) is 15.7. The number of urea groups is 1. The second-order valence-electron chi connectivity index (χ2n) is 7.32. The predicted molar refractivity (Wildman–Crippen MR) is 100 cm³/mol. The summed E-state index contributed by atoms with van der Waals surface area (Å²) in [5.74, 6) is 1.46. The van der Waals surface area contributed by atoms with Gasteiger partial charge in [-0.2, -0.15) is 0 Å². The van der Waals surface area contributed by atoms with E-state index < -0.39 is 0 Å². The summed E-state index contributed by atoms with van der Waals surface area (Å²) in [6.07, 6.45) is 4.43. The van der Waals surface area contributed by atoms with E-state index in [-0.39, 0.29) is 23.9 Å². The Morgan fingerprint density at radius 1 is 1.08 bits per heavy atom. The fourth-order valence-electron chi connectivity index (χ4n) is 4.06. The Balaban J connectivity index is 1.46. The zero-order valence-electron chi connectivity index (χ0n) is 15.7. The van der Waals surface area contributed by atoms with E-state index in [1.165, 1.54) is 5.56 Å². The molecule has 6 nitrogen and oxygen atoms in total. The van der Waals surface area contributed by atoms with Crippen LogP contribution in [0.1, 0.15) is 43.6 Å². The van der Waals surface area contributed by atoms with Crippen LogP contribution in [0.4, 0.5) is 4.79 Å². The van der Waals surface area contributed by atoms with Gasteiger partial charge in [-0.3, -0.25) is 4.79 Å². The Kier molecular flexibility index (Phi) is 6.01. The number of rotatable bonds is 4. The minimum Gasteiger partial charge on any atom is -0.497 e. The van der Waals surface area contributed by atoms with Gasteiger partial charge in [0, 0.05) is 38.0 Å². The van der Waals surface area contributed by atoms with E-state index in [9.17, 15) is 9.59 Å². The number of amides is 3. The lowest BCUT2D eigenvalue weighted by Crippen LogP contribution is -2.46. The molecule has 1 aromatic rings. The molecule has 1 atom stereocenters. The van der Waals surface area contributed by atoms with Gasteiger partial charge in [-0.1, -0.05) is 12.1 Å². The number of methoxy groups -OCH3 is 1. The van der Waals surface area contributed by atoms with Crippen LogP contribution < -0.4 is 15.4 Å². The molecule has 0 bridgehead atoms. The first-order valence-corrected chi connectivity index (χ1v) is 9.51. The van der Waals surface area contributed by atoms with Crippen LogP contribution in [0.2, 0.25) is 0 Å². The molecule has 0 radical (unpaired) electrons. The van der Waals surface area contributed by atoms with Crippen molar-refractivity contribution in [2.24, 2.45) is 5.92 Å². The molecular weight excluding hydrogens is 330 g/mol. The molecule has 0 aromatic heterocycles. The standard InChI is InChI=1S/C20H29N3O3/c1-21-19(24)15-3-7-17(8-4-15)22-20(25)23-12-11-16(13-23)14-5-9-18(26-2)10-6-14/h5-6,9-10,15-17H,3-4,7-8,11-13H2,1-2H3,(H,21,24)(H,22,25). The Labute approximate surface area is 155 Å². The van der Waals surface area contributed by atoms with Crippen LogP contribution in [0.5, 0.6) is 5.75 Å². The Morgan fingerprint density at radius 2 is 1.77 bits per heavy atom. The van der Waals surface area contributed by atoms with Gasteiger partial charge in [-0.15, -0.1) is 0 Å². The first-order valence-electron chi connectivity index (χ1n) is 9.51. The smallest absolute Gasteiger partial charge is 0.317 e. The maximum atomic E-state index is 12.6. The summed E-state index contributed by atoms with van der Waals surface area (Å²) in [5, 5.41) is 5.88. The van der Waals surface area contributed by atoms with Crippen molar-refractivity contribution in [3.8, 4) is 5.75 Å². The van der Waals surface area contributed by atoms with Gasteiger partial charge in [0.1, 0.15) is 5.75 Å². The van der Waals surface area contributed by atoms with E-state index in [0.29, 0.717) is 5.92 Å². The van der Waals surface area contributed by atoms with Gasteiger partial charge in [-0.05, 0) is 49.8 Å². The van der Waals surface area contributed by atoms with Crippen LogP contribution in [0.3, 0.4) is 0 Å². The largest absolute Gasteiger partial charge is 0.497 e. The van der Waals surface area contributed by atoms with Crippen LogP contribution in [0.25, 0.3) is 0 Å². The lowest BCUT2D eigenvalue weighted by atomic mass is 9.85. The number of hydrogen-bond donors (Lipinski definition) is 2. The molecular formula is C20H29N3O3. The van der Waals surface area contributed by atoms with Gasteiger partial charge in [0.05, 0.1) is 7.11 Å². The first-order chi connectivity index (χ1) is 12.6. The van der Waals surface area contributed by atoms with Crippen LogP contribution in [0.15, 0.2) is 24.3 Å². The second kappa shape index (κ2) is 8.43. The maximum absolute atomic E-state index is 12.6. The zero-order chi connectivity index (χ0) is 18.5. The van der Waals surface area contributed by atoms with Gasteiger partial charge in [0.15, 0.2) is 0 Å². The first kappa shape index (κ1) is 18.5. The summed E-state index contributed by atoms with van der Waals surface area (Å²) in [7, 11) is 3.35. The van der Waals surface area contributed by atoms with E-state index in [2.05, 4.69) is 22.8 Å². The average Bonchev–Trinajstić information content (AvgIpc) is 3.18. The highest BCUT2D eigenvalue weighted by Crippen LogP contribution is 2.29. The lowest BCUT2D eigenvalue weighted by molar-refractivity contribution is -0.125. The molecule has 3 amide bonds. The third-order valence-corrected chi connectivity index (χ3v) is 5.73. The minimum atomic E-state index is 0.0319. The predicted octanol–water partition coefficient (Wildman–Crippen LogP) is 2.50. The third-order valence-electron chi connectivity index (χ3n) is 5.73. The Bertz CT molecular complexity index is 624. The lowest BCUT2D eigenvalue weighted by Gasteiger charge is -2.29. The number of carbonyl (C=O) groups excluding carboxylic acids is 2. The summed E-state index contributed by atoms with van der Waals surface area (Å²) >= 11 is 0. The molecule has 1 unspecified atom stereocenters. The molecule has 3 rings (SSSR count). The summed E-state index contributed by atoms with van der Waals surface area (Å²) in [6, 6.07) is 8.34. The van der Waals surface area contributed by atoms with Crippen LogP contribution in [-0.4, -0.2) is 50.1 Å². The molecule has 1 saturated carbocycles. The van der Waals surface area contributed by atoms with Gasteiger partial charge in [0.25, 0.3) is 0 Å². The number of nitrogens with zero attached hydrogens (tertiary/aromatic N) is 1. The normalized spacial score (nSPS) is 25.6. The van der Waals surface area contributed by atoms with Crippen molar-refractivity contribution in [3.05, 3.63) is 29.8 Å². The molecule has 2 N–H and O–H groups in total. The fraction of sp³-hybridized carbons (Fsp3) is 0.600. The van der Waals surface area contributed by atoms with E-state index in [1.807, 2.05) is 17.0 Å². The molecule has 2 fully saturated rings. The number of benzene rings is 1. The Hall–Kier alpha value is -2.24. The molecule has 1 aliphatic heterocycles. The minimum absolute atomic E-state index is 0.0319. The van der Waals surface area contributed by atoms with Gasteiger partial charge in [0.2, 0.25) is 5.91 Å². The number of nitrogens with one attached hydrogen (secondary N) is 2. The van der Waals surface area contributed by atoms with E-state index in [1.54, 1.807) is 14.2 Å². The monoisotopic (exact) mass is 359 g/mol. The van der Waals surface area contributed by atoms with Gasteiger partial charge in [-0.25, -0.2) is 4.79 Å². The Morgan fingerprint density at radius 3 is 2.38 bits per heavy atom. The average molecular weight is 359 g/mol.